The highest BCUT2D eigenvalue weighted by molar-refractivity contribution is 5.27. The lowest BCUT2D eigenvalue weighted by molar-refractivity contribution is -0.101. The van der Waals surface area contributed by atoms with Gasteiger partial charge in [0.15, 0.2) is 0 Å². The zero-order valence-electron chi connectivity index (χ0n) is 12.3. The second-order valence-electron chi connectivity index (χ2n) is 5.32. The van der Waals surface area contributed by atoms with E-state index < -0.39 is 0 Å². The smallest absolute Gasteiger partial charge is 0.123 e. The van der Waals surface area contributed by atoms with Crippen LogP contribution in [0.4, 0.5) is 4.39 Å². The third-order valence-corrected chi connectivity index (χ3v) is 3.69. The highest BCUT2D eigenvalue weighted by Crippen LogP contribution is 2.16. The number of aryl methyl sites for hydroxylation is 1. The number of nitrogens with one attached hydrogen (secondary N) is 1. The molecule has 2 unspecified atom stereocenters. The molecule has 112 valence electrons. The summed E-state index contributed by atoms with van der Waals surface area (Å²) in [6, 6.07) is 5.19. The van der Waals surface area contributed by atoms with Gasteiger partial charge in [-0.15, -0.1) is 0 Å². The van der Waals surface area contributed by atoms with E-state index in [9.17, 15) is 4.39 Å². The maximum atomic E-state index is 13.2. The summed E-state index contributed by atoms with van der Waals surface area (Å²) in [6.45, 7) is 7.00. The molecular weight excluding hydrogens is 257 g/mol. The van der Waals surface area contributed by atoms with Crippen molar-refractivity contribution in [3.63, 3.8) is 0 Å². The van der Waals surface area contributed by atoms with Gasteiger partial charge in [0.1, 0.15) is 5.82 Å². The van der Waals surface area contributed by atoms with Gasteiger partial charge >= 0.3 is 0 Å². The first kappa shape index (κ1) is 15.4. The fourth-order valence-corrected chi connectivity index (χ4v) is 2.53. The van der Waals surface area contributed by atoms with Gasteiger partial charge in [0.25, 0.3) is 0 Å². The molecule has 2 atom stereocenters. The summed E-state index contributed by atoms with van der Waals surface area (Å²) in [5.74, 6) is -0.179. The Hall–Kier alpha value is -0.970. The zero-order chi connectivity index (χ0) is 14.4. The lowest BCUT2D eigenvalue weighted by atomic mass is 9.97. The highest BCUT2D eigenvalue weighted by atomic mass is 19.1. The van der Waals surface area contributed by atoms with Gasteiger partial charge < -0.3 is 14.8 Å². The third-order valence-electron chi connectivity index (χ3n) is 3.69. The van der Waals surface area contributed by atoms with E-state index in [0.717, 1.165) is 30.5 Å². The van der Waals surface area contributed by atoms with Crippen molar-refractivity contribution in [2.75, 3.05) is 26.4 Å². The number of hydrogen-bond acceptors (Lipinski definition) is 3. The minimum absolute atomic E-state index is 0.0692. The van der Waals surface area contributed by atoms with Crippen molar-refractivity contribution in [2.24, 2.45) is 0 Å². The van der Waals surface area contributed by atoms with Crippen molar-refractivity contribution in [1.29, 1.82) is 0 Å². The Bertz CT molecular complexity index is 419. The van der Waals surface area contributed by atoms with Crippen LogP contribution in [0, 0.1) is 12.7 Å². The topological polar surface area (TPSA) is 30.5 Å². The molecule has 0 amide bonds. The van der Waals surface area contributed by atoms with E-state index in [2.05, 4.69) is 12.2 Å². The fraction of sp³-hybridized carbons (Fsp3) is 0.625. The number of ether oxygens (including phenoxy) is 2. The first-order chi connectivity index (χ1) is 9.70. The first-order valence-corrected chi connectivity index (χ1v) is 7.38. The van der Waals surface area contributed by atoms with E-state index in [4.69, 9.17) is 9.47 Å². The van der Waals surface area contributed by atoms with E-state index in [-0.39, 0.29) is 18.0 Å². The average Bonchev–Trinajstić information content (AvgIpc) is 2.46. The van der Waals surface area contributed by atoms with Crippen molar-refractivity contribution in [3.8, 4) is 0 Å². The van der Waals surface area contributed by atoms with E-state index >= 15 is 0 Å². The van der Waals surface area contributed by atoms with Crippen LogP contribution in [-0.4, -0.2) is 38.5 Å². The maximum absolute atomic E-state index is 13.2. The van der Waals surface area contributed by atoms with Crippen LogP contribution < -0.4 is 5.32 Å². The molecule has 1 aliphatic heterocycles. The Morgan fingerprint density at radius 1 is 1.40 bits per heavy atom. The predicted octanol–water partition coefficient (Wildman–Crippen LogP) is 2.46. The van der Waals surface area contributed by atoms with Gasteiger partial charge in [-0.3, -0.25) is 0 Å². The Morgan fingerprint density at radius 2 is 2.25 bits per heavy atom. The molecule has 1 aromatic carbocycles. The number of hydrogen-bond donors (Lipinski definition) is 1. The molecule has 1 fully saturated rings. The fourth-order valence-electron chi connectivity index (χ4n) is 2.53. The molecular formula is C16H24FNO2. The summed E-state index contributed by atoms with van der Waals surface area (Å²) in [4.78, 5) is 0. The van der Waals surface area contributed by atoms with Crippen LogP contribution >= 0.6 is 0 Å². The van der Waals surface area contributed by atoms with Crippen LogP contribution in [0.5, 0.6) is 0 Å². The SMILES string of the molecule is CCCNC(Cc1ccc(F)cc1C)C1COCCO1. The van der Waals surface area contributed by atoms with Crippen LogP contribution in [0.25, 0.3) is 0 Å². The van der Waals surface area contributed by atoms with Crippen LogP contribution in [-0.2, 0) is 15.9 Å². The molecule has 1 heterocycles. The molecule has 20 heavy (non-hydrogen) atoms. The lowest BCUT2D eigenvalue weighted by Gasteiger charge is -2.31. The predicted molar refractivity (Wildman–Crippen MR) is 77.5 cm³/mol. The molecule has 0 bridgehead atoms. The Kier molecular flexibility index (Phi) is 5.95. The molecule has 2 rings (SSSR count). The average molecular weight is 281 g/mol. The zero-order valence-corrected chi connectivity index (χ0v) is 12.3. The normalized spacial score (nSPS) is 20.9. The first-order valence-electron chi connectivity index (χ1n) is 7.38. The summed E-state index contributed by atoms with van der Waals surface area (Å²) < 4.78 is 24.5. The molecule has 1 saturated heterocycles. The molecule has 0 spiro atoms. The van der Waals surface area contributed by atoms with Crippen molar-refractivity contribution in [1.82, 2.24) is 5.32 Å². The summed E-state index contributed by atoms with van der Waals surface area (Å²) in [6.07, 6.45) is 1.98. The van der Waals surface area contributed by atoms with Gasteiger partial charge in [-0.1, -0.05) is 13.0 Å². The molecule has 1 aromatic rings. The van der Waals surface area contributed by atoms with Crippen LogP contribution in [0.1, 0.15) is 24.5 Å². The van der Waals surface area contributed by atoms with Gasteiger partial charge in [-0.05, 0) is 49.6 Å². The molecule has 1 N–H and O–H groups in total. The van der Waals surface area contributed by atoms with Gasteiger partial charge in [-0.25, -0.2) is 4.39 Å². The van der Waals surface area contributed by atoms with Gasteiger partial charge in [0.2, 0.25) is 0 Å². The highest BCUT2D eigenvalue weighted by Gasteiger charge is 2.25. The molecule has 3 nitrogen and oxygen atoms in total. The Morgan fingerprint density at radius 3 is 2.90 bits per heavy atom. The van der Waals surface area contributed by atoms with Gasteiger partial charge in [0.05, 0.1) is 25.9 Å². The number of rotatable bonds is 6. The van der Waals surface area contributed by atoms with E-state index in [0.29, 0.717) is 19.8 Å². The van der Waals surface area contributed by atoms with Crippen molar-refractivity contribution < 1.29 is 13.9 Å². The summed E-state index contributed by atoms with van der Waals surface area (Å²) >= 11 is 0. The van der Waals surface area contributed by atoms with Crippen LogP contribution in [0.2, 0.25) is 0 Å². The number of benzene rings is 1. The second kappa shape index (κ2) is 7.72. The minimum atomic E-state index is -0.179. The maximum Gasteiger partial charge on any atom is 0.123 e. The summed E-state index contributed by atoms with van der Waals surface area (Å²) in [5.41, 5.74) is 2.15. The number of halogens is 1. The van der Waals surface area contributed by atoms with Crippen molar-refractivity contribution >= 4 is 0 Å². The lowest BCUT2D eigenvalue weighted by Crippen LogP contribution is -2.48. The summed E-state index contributed by atoms with van der Waals surface area (Å²) in [7, 11) is 0. The monoisotopic (exact) mass is 281 g/mol. The molecule has 0 saturated carbocycles. The largest absolute Gasteiger partial charge is 0.376 e. The van der Waals surface area contributed by atoms with Crippen molar-refractivity contribution in [3.05, 3.63) is 35.1 Å². The molecule has 0 aliphatic carbocycles. The van der Waals surface area contributed by atoms with E-state index in [1.54, 1.807) is 6.07 Å². The minimum Gasteiger partial charge on any atom is -0.376 e. The molecule has 4 heteroatoms. The Balaban J connectivity index is 2.05. The summed E-state index contributed by atoms with van der Waals surface area (Å²) in [5, 5.41) is 3.53. The quantitative estimate of drug-likeness (QED) is 0.869. The van der Waals surface area contributed by atoms with E-state index in [1.807, 2.05) is 13.0 Å². The molecule has 0 aromatic heterocycles. The molecule has 1 aliphatic rings. The van der Waals surface area contributed by atoms with Gasteiger partial charge in [0, 0.05) is 6.04 Å². The Labute approximate surface area is 120 Å². The van der Waals surface area contributed by atoms with Crippen molar-refractivity contribution in [2.45, 2.75) is 38.8 Å². The standard InChI is InChI=1S/C16H24FNO2/c1-3-6-18-15(16-11-19-7-8-20-16)10-13-4-5-14(17)9-12(13)2/h4-5,9,15-16,18H,3,6-8,10-11H2,1-2H3. The second-order valence-corrected chi connectivity index (χ2v) is 5.32. The van der Waals surface area contributed by atoms with E-state index in [1.165, 1.54) is 6.07 Å². The van der Waals surface area contributed by atoms with Crippen LogP contribution in [0.15, 0.2) is 18.2 Å². The molecule has 0 radical (unpaired) electrons. The van der Waals surface area contributed by atoms with Crippen LogP contribution in [0.3, 0.4) is 0 Å². The van der Waals surface area contributed by atoms with Gasteiger partial charge in [-0.2, -0.15) is 0 Å². The third kappa shape index (κ3) is 4.27.